The number of hydrogen-bond donors (Lipinski definition) is 6. The predicted molar refractivity (Wildman–Crippen MR) is 151 cm³/mol. The molecule has 2 amide bonds. The third-order valence-corrected chi connectivity index (χ3v) is 6.10. The summed E-state index contributed by atoms with van der Waals surface area (Å²) in [7, 11) is 0. The summed E-state index contributed by atoms with van der Waals surface area (Å²) >= 11 is 0. The highest BCUT2D eigenvalue weighted by Crippen LogP contribution is 2.28. The average Bonchev–Trinajstić information content (AvgIpc) is 3.46. The highest BCUT2D eigenvalue weighted by Gasteiger charge is 2.21. The van der Waals surface area contributed by atoms with Gasteiger partial charge in [-0.05, 0) is 42.0 Å². The Bertz CT molecular complexity index is 1670. The molecule has 7 N–H and O–H groups in total. The molecule has 4 rings (SSSR count). The number of aromatic nitrogens is 2. The molecule has 13 heteroatoms. The fourth-order valence-corrected chi connectivity index (χ4v) is 3.82. The fraction of sp³-hybridized carbons (Fsp3) is 0.138. The monoisotopic (exact) mass is 576 g/mol. The van der Waals surface area contributed by atoms with Crippen molar-refractivity contribution in [1.29, 1.82) is 5.41 Å². The van der Waals surface area contributed by atoms with Crippen LogP contribution in [0.1, 0.15) is 29.3 Å². The van der Waals surface area contributed by atoms with Gasteiger partial charge in [-0.3, -0.25) is 14.6 Å². The number of carbonyl (C=O) groups excluding carboxylic acids is 2. The molecular weight excluding hydrogens is 550 g/mol. The number of ketones is 1. The number of aliphatic carboxylic acids is 1. The Morgan fingerprint density at radius 2 is 1.76 bits per heavy atom. The van der Waals surface area contributed by atoms with Gasteiger partial charge in [0.05, 0.1) is 34.4 Å². The summed E-state index contributed by atoms with van der Waals surface area (Å²) < 4.78 is 34.5. The van der Waals surface area contributed by atoms with E-state index in [0.717, 1.165) is 6.07 Å². The maximum Gasteiger partial charge on any atom is 0.323 e. The van der Waals surface area contributed by atoms with Crippen LogP contribution in [0.5, 0.6) is 11.5 Å². The van der Waals surface area contributed by atoms with Gasteiger partial charge in [0.1, 0.15) is 23.1 Å². The van der Waals surface area contributed by atoms with E-state index < -0.39 is 35.3 Å². The molecule has 2 aromatic carbocycles. The number of nitrogens with zero attached hydrogens (tertiary/aromatic N) is 1. The number of benzene rings is 2. The average molecular weight is 577 g/mol. The smallest absolute Gasteiger partial charge is 0.323 e. The summed E-state index contributed by atoms with van der Waals surface area (Å²) in [5, 5.41) is 21.6. The first-order chi connectivity index (χ1) is 20.0. The Morgan fingerprint density at radius 1 is 1.02 bits per heavy atom. The standard InChI is InChI=1S/C29H26F2N6O5/c1-15(28(39)40)8-22(33)27(38)17-10-25(35-14-17)26-12-19(6-7-34-26)42-18-3-5-23(21(31)11-18)36-29(41)37-24-9-16(13-32)2-4-20(24)30/h2-7,9-12,14-15,33,35H,8,13,32H2,1H3,(H,39,40)(H2,36,37,41). The Balaban J connectivity index is 1.41. The van der Waals surface area contributed by atoms with Gasteiger partial charge in [-0.15, -0.1) is 0 Å². The second-order valence-electron chi connectivity index (χ2n) is 9.27. The van der Waals surface area contributed by atoms with Crippen molar-refractivity contribution in [2.45, 2.75) is 19.9 Å². The van der Waals surface area contributed by atoms with E-state index in [1.165, 1.54) is 61.8 Å². The third-order valence-electron chi connectivity index (χ3n) is 6.10. The normalized spacial score (nSPS) is 11.4. The number of Topliss-reactive ketones (excluding diaryl/α,β-unsaturated/α-hetero) is 1. The summed E-state index contributed by atoms with van der Waals surface area (Å²) in [5.41, 5.74) is 6.54. The Morgan fingerprint density at radius 3 is 2.48 bits per heavy atom. The van der Waals surface area contributed by atoms with Crippen LogP contribution in [0.2, 0.25) is 0 Å². The van der Waals surface area contributed by atoms with Gasteiger partial charge in [0.2, 0.25) is 5.78 Å². The van der Waals surface area contributed by atoms with Gasteiger partial charge < -0.3 is 36.6 Å². The second-order valence-corrected chi connectivity index (χ2v) is 9.27. The number of amides is 2. The molecule has 216 valence electrons. The van der Waals surface area contributed by atoms with Crippen LogP contribution >= 0.6 is 0 Å². The van der Waals surface area contributed by atoms with Crippen LogP contribution in [0.15, 0.2) is 67.0 Å². The number of rotatable bonds is 11. The topological polar surface area (TPSA) is 183 Å². The number of anilines is 2. The van der Waals surface area contributed by atoms with Crippen molar-refractivity contribution in [2.75, 3.05) is 10.6 Å². The maximum absolute atomic E-state index is 14.7. The minimum atomic E-state index is -1.10. The summed E-state index contributed by atoms with van der Waals surface area (Å²) in [6, 6.07) is 11.5. The molecule has 2 heterocycles. The van der Waals surface area contributed by atoms with E-state index in [0.29, 0.717) is 22.7 Å². The summed E-state index contributed by atoms with van der Waals surface area (Å²) in [6.45, 7) is 1.57. The van der Waals surface area contributed by atoms with Crippen LogP contribution in [0.3, 0.4) is 0 Å². The van der Waals surface area contributed by atoms with Gasteiger partial charge in [-0.25, -0.2) is 13.6 Å². The van der Waals surface area contributed by atoms with Crippen LogP contribution < -0.4 is 21.1 Å². The molecule has 0 saturated heterocycles. The quantitative estimate of drug-likeness (QED) is 0.0997. The van der Waals surface area contributed by atoms with E-state index in [-0.39, 0.29) is 41.4 Å². The Labute approximate surface area is 238 Å². The summed E-state index contributed by atoms with van der Waals surface area (Å²) in [5.74, 6) is -3.65. The lowest BCUT2D eigenvalue weighted by Crippen LogP contribution is -2.21. The van der Waals surface area contributed by atoms with Crippen LogP contribution in [0.25, 0.3) is 11.4 Å². The number of pyridine rings is 1. The van der Waals surface area contributed by atoms with E-state index in [4.69, 9.17) is 21.0 Å². The molecule has 0 radical (unpaired) electrons. The number of nitrogens with two attached hydrogens (primary N) is 1. The summed E-state index contributed by atoms with van der Waals surface area (Å²) in [6.07, 6.45) is 2.64. The SMILES string of the molecule is CC(CC(=N)C(=O)c1c[nH]c(-c2cc(Oc3ccc(NC(=O)Nc4cc(CN)ccc4F)c(F)c3)ccn2)c1)C(=O)O. The van der Waals surface area contributed by atoms with Gasteiger partial charge in [0, 0.05) is 43.1 Å². The van der Waals surface area contributed by atoms with Gasteiger partial charge >= 0.3 is 12.0 Å². The van der Waals surface area contributed by atoms with Crippen molar-refractivity contribution in [3.05, 3.63) is 89.8 Å². The lowest BCUT2D eigenvalue weighted by molar-refractivity contribution is -0.140. The highest BCUT2D eigenvalue weighted by molar-refractivity contribution is 6.45. The molecule has 0 bridgehead atoms. The lowest BCUT2D eigenvalue weighted by atomic mass is 9.99. The van der Waals surface area contributed by atoms with Gasteiger partial charge in [-0.2, -0.15) is 0 Å². The Kier molecular flexibility index (Phi) is 9.02. The number of carboxylic acids is 1. The zero-order valence-corrected chi connectivity index (χ0v) is 22.2. The zero-order chi connectivity index (χ0) is 30.4. The minimum Gasteiger partial charge on any atom is -0.481 e. The number of halogens is 2. The largest absolute Gasteiger partial charge is 0.481 e. The van der Waals surface area contributed by atoms with Crippen molar-refractivity contribution >= 4 is 34.9 Å². The van der Waals surface area contributed by atoms with Crippen LogP contribution in [0, 0.1) is 23.0 Å². The van der Waals surface area contributed by atoms with Gasteiger partial charge in [0.15, 0.2) is 0 Å². The van der Waals surface area contributed by atoms with Crippen molar-refractivity contribution in [3.63, 3.8) is 0 Å². The van der Waals surface area contributed by atoms with Crippen LogP contribution in [-0.4, -0.2) is 38.6 Å². The van der Waals surface area contributed by atoms with E-state index in [9.17, 15) is 23.2 Å². The van der Waals surface area contributed by atoms with Gasteiger partial charge in [-0.1, -0.05) is 13.0 Å². The first-order valence-corrected chi connectivity index (χ1v) is 12.6. The fourth-order valence-electron chi connectivity index (χ4n) is 3.82. The molecule has 4 aromatic rings. The van der Waals surface area contributed by atoms with E-state index in [1.807, 2.05) is 0 Å². The number of hydrogen-bond acceptors (Lipinski definition) is 7. The number of aromatic amines is 1. The van der Waals surface area contributed by atoms with Gasteiger partial charge in [0.25, 0.3) is 0 Å². The third kappa shape index (κ3) is 7.20. The van der Waals surface area contributed by atoms with Crippen molar-refractivity contribution in [2.24, 2.45) is 11.7 Å². The van der Waals surface area contributed by atoms with Crippen molar-refractivity contribution in [3.8, 4) is 22.9 Å². The Hall–Kier alpha value is -5.43. The molecular formula is C29H26F2N6O5. The lowest BCUT2D eigenvalue weighted by Gasteiger charge is -2.12. The van der Waals surface area contributed by atoms with Crippen LogP contribution in [0.4, 0.5) is 25.0 Å². The molecule has 1 unspecified atom stereocenters. The molecule has 1 atom stereocenters. The molecule has 11 nitrogen and oxygen atoms in total. The maximum atomic E-state index is 14.7. The number of urea groups is 1. The number of H-pyrrole nitrogens is 1. The summed E-state index contributed by atoms with van der Waals surface area (Å²) in [4.78, 5) is 43.0. The minimum absolute atomic E-state index is 0.103. The molecule has 0 aliphatic carbocycles. The molecule has 0 saturated carbocycles. The number of nitrogens with one attached hydrogen (secondary N) is 4. The van der Waals surface area contributed by atoms with Crippen molar-refractivity contribution < 1.29 is 33.0 Å². The second kappa shape index (κ2) is 12.8. The molecule has 0 aliphatic heterocycles. The molecule has 0 aliphatic rings. The van der Waals surface area contributed by atoms with E-state index in [2.05, 4.69) is 20.6 Å². The van der Waals surface area contributed by atoms with Crippen LogP contribution in [-0.2, 0) is 11.3 Å². The van der Waals surface area contributed by atoms with Crippen molar-refractivity contribution in [1.82, 2.24) is 9.97 Å². The highest BCUT2D eigenvalue weighted by atomic mass is 19.1. The molecule has 0 fully saturated rings. The number of carbonyl (C=O) groups is 3. The molecule has 0 spiro atoms. The van der Waals surface area contributed by atoms with E-state index >= 15 is 0 Å². The first-order valence-electron chi connectivity index (χ1n) is 12.6. The number of ether oxygens (including phenoxy) is 1. The predicted octanol–water partition coefficient (Wildman–Crippen LogP) is 5.56. The molecule has 42 heavy (non-hydrogen) atoms. The molecule has 2 aromatic heterocycles. The number of carboxylic acid groups (broad SMARTS) is 1. The first kappa shape index (κ1) is 29.6. The van der Waals surface area contributed by atoms with E-state index in [1.54, 1.807) is 6.07 Å². The zero-order valence-electron chi connectivity index (χ0n) is 22.2.